The Hall–Kier alpha value is -1.84. The summed E-state index contributed by atoms with van der Waals surface area (Å²) in [6.07, 6.45) is 5.01. The van der Waals surface area contributed by atoms with Gasteiger partial charge in [0.15, 0.2) is 0 Å². The molecule has 138 valence electrons. The SMILES string of the molecule is CC(=O)N(CCC(=O)N1CCCCCC1)c1c(C)cccc1C(C)C. The standard InChI is InChI=1S/C21H32N2O2/c1-16(2)19-11-9-10-17(3)21(19)23(18(4)24)15-12-20(25)22-13-7-5-6-8-14-22/h9-11,16H,5-8,12-15H2,1-4H3. The topological polar surface area (TPSA) is 40.6 Å². The molecule has 0 N–H and O–H groups in total. The minimum atomic E-state index is -0.000124. The smallest absolute Gasteiger partial charge is 0.224 e. The van der Waals surface area contributed by atoms with Crippen molar-refractivity contribution < 1.29 is 9.59 Å². The molecule has 0 bridgehead atoms. The number of rotatable bonds is 5. The summed E-state index contributed by atoms with van der Waals surface area (Å²) < 4.78 is 0. The molecule has 1 fully saturated rings. The maximum atomic E-state index is 12.6. The molecule has 4 heteroatoms. The van der Waals surface area contributed by atoms with Crippen molar-refractivity contribution in [1.29, 1.82) is 0 Å². The zero-order valence-corrected chi connectivity index (χ0v) is 16.2. The number of aryl methyl sites for hydroxylation is 1. The van der Waals surface area contributed by atoms with Crippen molar-refractivity contribution >= 4 is 17.5 Å². The lowest BCUT2D eigenvalue weighted by molar-refractivity contribution is -0.131. The molecular weight excluding hydrogens is 312 g/mol. The van der Waals surface area contributed by atoms with Crippen LogP contribution in [-0.2, 0) is 9.59 Å². The Labute approximate surface area is 152 Å². The van der Waals surface area contributed by atoms with Crippen LogP contribution >= 0.6 is 0 Å². The molecule has 2 amide bonds. The first kappa shape index (κ1) is 19.5. The lowest BCUT2D eigenvalue weighted by atomic mass is 9.97. The third-order valence-corrected chi connectivity index (χ3v) is 5.05. The van der Waals surface area contributed by atoms with E-state index in [0.717, 1.165) is 42.7 Å². The first-order chi connectivity index (χ1) is 11.9. The highest BCUT2D eigenvalue weighted by Gasteiger charge is 2.22. The van der Waals surface area contributed by atoms with Crippen LogP contribution in [0, 0.1) is 6.92 Å². The van der Waals surface area contributed by atoms with E-state index in [-0.39, 0.29) is 11.8 Å². The summed E-state index contributed by atoms with van der Waals surface area (Å²) >= 11 is 0. The summed E-state index contributed by atoms with van der Waals surface area (Å²) in [6, 6.07) is 6.15. The number of benzene rings is 1. The highest BCUT2D eigenvalue weighted by molar-refractivity contribution is 5.94. The van der Waals surface area contributed by atoms with Crippen molar-refractivity contribution in [2.45, 2.75) is 65.7 Å². The molecular formula is C21H32N2O2. The van der Waals surface area contributed by atoms with Crippen LogP contribution in [-0.4, -0.2) is 36.3 Å². The maximum Gasteiger partial charge on any atom is 0.224 e. The van der Waals surface area contributed by atoms with E-state index in [4.69, 9.17) is 0 Å². The molecule has 0 atom stereocenters. The molecule has 1 aliphatic heterocycles. The molecule has 1 saturated heterocycles. The second kappa shape index (κ2) is 9.02. The van der Waals surface area contributed by atoms with Gasteiger partial charge in [0.25, 0.3) is 0 Å². The Bertz CT molecular complexity index is 602. The van der Waals surface area contributed by atoms with Gasteiger partial charge in [0.05, 0.1) is 0 Å². The van der Waals surface area contributed by atoms with Gasteiger partial charge in [0.1, 0.15) is 0 Å². The van der Waals surface area contributed by atoms with Crippen LogP contribution in [0.5, 0.6) is 0 Å². The Morgan fingerprint density at radius 1 is 1.12 bits per heavy atom. The number of anilines is 1. The summed E-state index contributed by atoms with van der Waals surface area (Å²) in [5.74, 6) is 0.505. The molecule has 1 heterocycles. The lowest BCUT2D eigenvalue weighted by Gasteiger charge is -2.28. The molecule has 0 radical (unpaired) electrons. The summed E-state index contributed by atoms with van der Waals surface area (Å²) in [4.78, 5) is 28.7. The van der Waals surface area contributed by atoms with Gasteiger partial charge in [-0.05, 0) is 36.8 Å². The number of carbonyl (C=O) groups is 2. The zero-order valence-electron chi connectivity index (χ0n) is 16.2. The van der Waals surface area contributed by atoms with E-state index >= 15 is 0 Å². The highest BCUT2D eigenvalue weighted by Crippen LogP contribution is 2.31. The van der Waals surface area contributed by atoms with Gasteiger partial charge in [-0.2, -0.15) is 0 Å². The Morgan fingerprint density at radius 2 is 1.76 bits per heavy atom. The van der Waals surface area contributed by atoms with Crippen molar-refractivity contribution in [3.63, 3.8) is 0 Å². The summed E-state index contributed by atoms with van der Waals surface area (Å²) in [5, 5.41) is 0. The molecule has 1 aromatic rings. The van der Waals surface area contributed by atoms with Crippen LogP contribution in [0.1, 0.15) is 69.9 Å². The van der Waals surface area contributed by atoms with E-state index in [9.17, 15) is 9.59 Å². The van der Waals surface area contributed by atoms with E-state index in [1.165, 1.54) is 12.8 Å². The predicted molar refractivity (Wildman–Crippen MR) is 103 cm³/mol. The van der Waals surface area contributed by atoms with E-state index in [1.807, 2.05) is 24.0 Å². The Kier molecular flexibility index (Phi) is 7.03. The second-order valence-corrected chi connectivity index (χ2v) is 7.38. The number of hydrogen-bond donors (Lipinski definition) is 0. The Balaban J connectivity index is 2.14. The van der Waals surface area contributed by atoms with Gasteiger partial charge in [-0.3, -0.25) is 9.59 Å². The van der Waals surface area contributed by atoms with Crippen molar-refractivity contribution in [2.24, 2.45) is 0 Å². The first-order valence-electron chi connectivity index (χ1n) is 9.57. The van der Waals surface area contributed by atoms with E-state index in [0.29, 0.717) is 18.9 Å². The van der Waals surface area contributed by atoms with Crippen LogP contribution < -0.4 is 4.90 Å². The van der Waals surface area contributed by atoms with Crippen LogP contribution in [0.2, 0.25) is 0 Å². The largest absolute Gasteiger partial charge is 0.343 e. The molecule has 0 aromatic heterocycles. The van der Waals surface area contributed by atoms with Gasteiger partial charge < -0.3 is 9.80 Å². The number of carbonyl (C=O) groups excluding carboxylic acids is 2. The zero-order chi connectivity index (χ0) is 18.4. The first-order valence-corrected chi connectivity index (χ1v) is 9.57. The fraction of sp³-hybridized carbons (Fsp3) is 0.619. The van der Waals surface area contributed by atoms with Gasteiger partial charge in [0, 0.05) is 38.7 Å². The lowest BCUT2D eigenvalue weighted by Crippen LogP contribution is -2.37. The quantitative estimate of drug-likeness (QED) is 0.800. The minimum absolute atomic E-state index is 0.000124. The average molecular weight is 344 g/mol. The molecule has 0 saturated carbocycles. The van der Waals surface area contributed by atoms with Gasteiger partial charge in [-0.25, -0.2) is 0 Å². The minimum Gasteiger partial charge on any atom is -0.343 e. The number of nitrogens with zero attached hydrogens (tertiary/aromatic N) is 2. The van der Waals surface area contributed by atoms with Crippen LogP contribution in [0.25, 0.3) is 0 Å². The molecule has 1 aliphatic rings. The predicted octanol–water partition coefficient (Wildman–Crippen LogP) is 4.26. The third-order valence-electron chi connectivity index (χ3n) is 5.05. The van der Waals surface area contributed by atoms with E-state index < -0.39 is 0 Å². The number of likely N-dealkylation sites (tertiary alicyclic amines) is 1. The van der Waals surface area contributed by atoms with Crippen LogP contribution in [0.3, 0.4) is 0 Å². The third kappa shape index (κ3) is 5.07. The fourth-order valence-electron chi connectivity index (χ4n) is 3.63. The van der Waals surface area contributed by atoms with E-state index in [1.54, 1.807) is 11.8 Å². The molecule has 4 nitrogen and oxygen atoms in total. The summed E-state index contributed by atoms with van der Waals surface area (Å²) in [7, 11) is 0. The molecule has 0 unspecified atom stereocenters. The normalized spacial score (nSPS) is 15.2. The maximum absolute atomic E-state index is 12.6. The van der Waals surface area contributed by atoms with Crippen LogP contribution in [0.4, 0.5) is 5.69 Å². The van der Waals surface area contributed by atoms with E-state index in [2.05, 4.69) is 19.9 Å². The number of hydrogen-bond acceptors (Lipinski definition) is 2. The average Bonchev–Trinajstić information content (AvgIpc) is 2.84. The van der Waals surface area contributed by atoms with Crippen molar-refractivity contribution in [1.82, 2.24) is 4.90 Å². The molecule has 2 rings (SSSR count). The fourth-order valence-corrected chi connectivity index (χ4v) is 3.63. The second-order valence-electron chi connectivity index (χ2n) is 7.38. The molecule has 0 aliphatic carbocycles. The summed E-state index contributed by atoms with van der Waals surface area (Å²) in [6.45, 7) is 10.1. The van der Waals surface area contributed by atoms with Crippen LogP contribution in [0.15, 0.2) is 18.2 Å². The van der Waals surface area contributed by atoms with Crippen molar-refractivity contribution in [3.8, 4) is 0 Å². The van der Waals surface area contributed by atoms with Gasteiger partial charge in [-0.1, -0.05) is 44.9 Å². The van der Waals surface area contributed by atoms with Gasteiger partial charge in [0.2, 0.25) is 11.8 Å². The molecule has 1 aromatic carbocycles. The van der Waals surface area contributed by atoms with Crippen molar-refractivity contribution in [3.05, 3.63) is 29.3 Å². The molecule has 25 heavy (non-hydrogen) atoms. The number of para-hydroxylation sites is 1. The Morgan fingerprint density at radius 3 is 2.32 bits per heavy atom. The molecule has 0 spiro atoms. The summed E-state index contributed by atoms with van der Waals surface area (Å²) in [5.41, 5.74) is 3.23. The monoisotopic (exact) mass is 344 g/mol. The van der Waals surface area contributed by atoms with Gasteiger partial charge in [-0.15, -0.1) is 0 Å². The van der Waals surface area contributed by atoms with Gasteiger partial charge >= 0.3 is 0 Å². The van der Waals surface area contributed by atoms with Crippen molar-refractivity contribution in [2.75, 3.05) is 24.5 Å². The highest BCUT2D eigenvalue weighted by atomic mass is 16.2. The number of amides is 2.